The van der Waals surface area contributed by atoms with Crippen LogP contribution in [0.2, 0.25) is 0 Å². The van der Waals surface area contributed by atoms with Crippen LogP contribution in [0.4, 0.5) is 17.1 Å². The van der Waals surface area contributed by atoms with Crippen LogP contribution < -0.4 is 15.0 Å². The lowest BCUT2D eigenvalue weighted by molar-refractivity contribution is 0.0698. The van der Waals surface area contributed by atoms with Gasteiger partial charge in [-0.05, 0) is 67.1 Å². The molecule has 2 N–H and O–H groups in total. The van der Waals surface area contributed by atoms with Crippen LogP contribution in [0.1, 0.15) is 34.3 Å². The van der Waals surface area contributed by atoms with Gasteiger partial charge in [0.2, 0.25) is 0 Å². The van der Waals surface area contributed by atoms with Gasteiger partial charge in [-0.2, -0.15) is 0 Å². The zero-order valence-electron chi connectivity index (χ0n) is 18.3. The molecule has 1 heterocycles. The molecule has 4 rings (SSSR count). The Labute approximate surface area is 183 Å². The molecular formula is C25H29N3O3. The molecule has 162 valence electrons. The summed E-state index contributed by atoms with van der Waals surface area (Å²) in [6.07, 6.45) is 8.03. The largest absolute Gasteiger partial charge is 0.497 e. The molecule has 0 radical (unpaired) electrons. The predicted molar refractivity (Wildman–Crippen MR) is 125 cm³/mol. The number of anilines is 3. The zero-order valence-corrected chi connectivity index (χ0v) is 18.3. The third-order valence-electron chi connectivity index (χ3n) is 5.48. The van der Waals surface area contributed by atoms with Crippen molar-refractivity contribution in [2.75, 3.05) is 31.4 Å². The molecule has 1 aromatic heterocycles. The minimum Gasteiger partial charge on any atom is -0.497 e. The van der Waals surface area contributed by atoms with Gasteiger partial charge in [-0.15, -0.1) is 0 Å². The molecule has 1 aliphatic rings. The number of methoxy groups -OCH3 is 1. The summed E-state index contributed by atoms with van der Waals surface area (Å²) < 4.78 is 5.30. The summed E-state index contributed by atoms with van der Waals surface area (Å²) in [6.45, 7) is 0. The van der Waals surface area contributed by atoms with Crippen LogP contribution >= 0.6 is 0 Å². The van der Waals surface area contributed by atoms with Gasteiger partial charge < -0.3 is 20.1 Å². The van der Waals surface area contributed by atoms with Crippen LogP contribution in [0, 0.1) is 0 Å². The lowest BCUT2D eigenvalue weighted by atomic mass is 9.91. The Kier molecular flexibility index (Phi) is 7.49. The summed E-state index contributed by atoms with van der Waals surface area (Å²) in [5.41, 5.74) is 6.21. The number of carboxylic acid groups (broad SMARTS) is 1. The molecule has 0 spiro atoms. The maximum atomic E-state index is 10.5. The van der Waals surface area contributed by atoms with Crippen LogP contribution in [0.3, 0.4) is 0 Å². The van der Waals surface area contributed by atoms with Crippen molar-refractivity contribution in [1.29, 1.82) is 0 Å². The highest BCUT2D eigenvalue weighted by atomic mass is 16.5. The van der Waals surface area contributed by atoms with Gasteiger partial charge in [0.15, 0.2) is 0 Å². The third kappa shape index (κ3) is 5.54. The average molecular weight is 420 g/mol. The maximum absolute atomic E-state index is 10.5. The number of aromatic nitrogens is 1. The monoisotopic (exact) mass is 419 g/mol. The summed E-state index contributed by atoms with van der Waals surface area (Å²) in [5.74, 6) is -0.0518. The molecule has 0 unspecified atom stereocenters. The molecule has 0 fully saturated rings. The highest BCUT2D eigenvalue weighted by Crippen LogP contribution is 2.30. The fraction of sp³-hybridized carbons (Fsp3) is 0.280. The van der Waals surface area contributed by atoms with Gasteiger partial charge in [0.25, 0.3) is 0 Å². The van der Waals surface area contributed by atoms with Gasteiger partial charge in [0.1, 0.15) is 5.75 Å². The fourth-order valence-corrected chi connectivity index (χ4v) is 3.68. The van der Waals surface area contributed by atoms with E-state index in [0.29, 0.717) is 5.69 Å². The highest BCUT2D eigenvalue weighted by Gasteiger charge is 2.12. The summed E-state index contributed by atoms with van der Waals surface area (Å²) in [5, 5.41) is 11.4. The van der Waals surface area contributed by atoms with Gasteiger partial charge in [0.05, 0.1) is 24.6 Å². The van der Waals surface area contributed by atoms with Crippen LogP contribution in [0.25, 0.3) is 0 Å². The molecule has 0 saturated carbocycles. The van der Waals surface area contributed by atoms with Crippen molar-refractivity contribution in [3.05, 3.63) is 77.6 Å². The predicted octanol–water partition coefficient (Wildman–Crippen LogP) is 5.16. The second-order valence-corrected chi connectivity index (χ2v) is 7.40. The van der Waals surface area contributed by atoms with Gasteiger partial charge >= 0.3 is 5.97 Å². The standard InChI is InChI=1S/C18H21NO.C7H8N2O2/c1-19(16-8-5-9-18(13-16)20-2)17-11-10-14-6-3-4-7-15(14)12-17;1-8-6-4-9-3-2-5(6)7(10)11/h5,8-13H,3-4,6-7H2,1-2H3;2-4,8H,1H3,(H,10,11). The van der Waals surface area contributed by atoms with Gasteiger partial charge in [-0.1, -0.05) is 12.1 Å². The van der Waals surface area contributed by atoms with E-state index in [1.165, 1.54) is 61.0 Å². The van der Waals surface area contributed by atoms with Crippen molar-refractivity contribution in [2.24, 2.45) is 0 Å². The highest BCUT2D eigenvalue weighted by molar-refractivity contribution is 5.93. The fourth-order valence-electron chi connectivity index (χ4n) is 3.68. The number of rotatable bonds is 5. The Morgan fingerprint density at radius 1 is 1.06 bits per heavy atom. The summed E-state index contributed by atoms with van der Waals surface area (Å²) >= 11 is 0. The van der Waals surface area contributed by atoms with Gasteiger partial charge in [-0.3, -0.25) is 4.98 Å². The maximum Gasteiger partial charge on any atom is 0.337 e. The van der Waals surface area contributed by atoms with Gasteiger partial charge in [-0.25, -0.2) is 4.79 Å². The molecule has 31 heavy (non-hydrogen) atoms. The third-order valence-corrected chi connectivity index (χ3v) is 5.48. The number of carbonyl (C=O) groups is 1. The minimum atomic E-state index is -0.947. The quantitative estimate of drug-likeness (QED) is 0.595. The van der Waals surface area contributed by atoms with E-state index in [9.17, 15) is 4.79 Å². The second kappa shape index (κ2) is 10.5. The van der Waals surface area contributed by atoms with Crippen LogP contribution in [-0.2, 0) is 12.8 Å². The normalized spacial score (nSPS) is 12.1. The van der Waals surface area contributed by atoms with E-state index in [0.717, 1.165) is 11.4 Å². The Morgan fingerprint density at radius 2 is 1.81 bits per heavy atom. The molecule has 3 aromatic rings. The lowest BCUT2D eigenvalue weighted by Crippen LogP contribution is -2.11. The van der Waals surface area contributed by atoms with E-state index >= 15 is 0 Å². The van der Waals surface area contributed by atoms with Crippen LogP contribution in [-0.4, -0.2) is 37.3 Å². The van der Waals surface area contributed by atoms with E-state index in [1.54, 1.807) is 14.2 Å². The number of aromatic carboxylic acids is 1. The second-order valence-electron chi connectivity index (χ2n) is 7.40. The number of nitrogens with one attached hydrogen (secondary N) is 1. The first kappa shape index (κ1) is 22.2. The van der Waals surface area contributed by atoms with E-state index < -0.39 is 5.97 Å². The first-order valence-corrected chi connectivity index (χ1v) is 10.4. The van der Waals surface area contributed by atoms with Crippen molar-refractivity contribution >= 4 is 23.0 Å². The SMILES string of the molecule is CNc1cnccc1C(=O)O.COc1cccc(N(C)c2ccc3c(c2)CCCC3)c1. The summed E-state index contributed by atoms with van der Waals surface area (Å²) in [4.78, 5) is 16.5. The summed E-state index contributed by atoms with van der Waals surface area (Å²) in [6, 6.07) is 16.5. The molecule has 6 heteroatoms. The zero-order chi connectivity index (χ0) is 22.2. The molecule has 2 aromatic carbocycles. The number of carboxylic acids is 1. The van der Waals surface area contributed by atoms with Crippen molar-refractivity contribution in [3.8, 4) is 5.75 Å². The molecule has 0 bridgehead atoms. The van der Waals surface area contributed by atoms with Gasteiger partial charge in [0, 0.05) is 37.7 Å². The van der Waals surface area contributed by atoms with Crippen molar-refractivity contribution in [2.45, 2.75) is 25.7 Å². The molecular weight excluding hydrogens is 390 g/mol. The average Bonchev–Trinajstić information content (AvgIpc) is 2.83. The van der Waals surface area contributed by atoms with E-state index in [4.69, 9.17) is 9.84 Å². The molecule has 0 amide bonds. The van der Waals surface area contributed by atoms with E-state index in [-0.39, 0.29) is 5.56 Å². The smallest absolute Gasteiger partial charge is 0.337 e. The number of hydrogen-bond donors (Lipinski definition) is 2. The first-order valence-electron chi connectivity index (χ1n) is 10.4. The Hall–Kier alpha value is -3.54. The minimum absolute atomic E-state index is 0.238. The number of aryl methyl sites for hydroxylation is 2. The number of nitrogens with zero attached hydrogens (tertiary/aromatic N) is 2. The molecule has 0 atom stereocenters. The van der Waals surface area contributed by atoms with E-state index in [2.05, 4.69) is 52.6 Å². The Bertz CT molecular complexity index is 1040. The number of benzene rings is 2. The van der Waals surface area contributed by atoms with Crippen LogP contribution in [0.15, 0.2) is 60.9 Å². The molecule has 0 aliphatic heterocycles. The Balaban J connectivity index is 0.000000210. The van der Waals surface area contributed by atoms with Crippen molar-refractivity contribution < 1.29 is 14.6 Å². The number of ether oxygens (including phenoxy) is 1. The first-order chi connectivity index (χ1) is 15.0. The van der Waals surface area contributed by atoms with Crippen LogP contribution in [0.5, 0.6) is 5.75 Å². The number of hydrogen-bond acceptors (Lipinski definition) is 5. The molecule has 0 saturated heterocycles. The number of fused-ring (bicyclic) bond motifs is 1. The Morgan fingerprint density at radius 3 is 2.48 bits per heavy atom. The molecule has 6 nitrogen and oxygen atoms in total. The topological polar surface area (TPSA) is 74.7 Å². The van der Waals surface area contributed by atoms with Crippen molar-refractivity contribution in [1.82, 2.24) is 4.98 Å². The van der Waals surface area contributed by atoms with E-state index in [1.807, 2.05) is 12.1 Å². The lowest BCUT2D eigenvalue weighted by Gasteiger charge is -2.23. The number of pyridine rings is 1. The molecule has 1 aliphatic carbocycles. The van der Waals surface area contributed by atoms with Crippen molar-refractivity contribution in [3.63, 3.8) is 0 Å². The summed E-state index contributed by atoms with van der Waals surface area (Å²) in [7, 11) is 5.47.